The molecule has 2 aromatic rings. The van der Waals surface area contributed by atoms with Crippen molar-refractivity contribution in [3.63, 3.8) is 0 Å². The van der Waals surface area contributed by atoms with E-state index in [9.17, 15) is 4.79 Å². The summed E-state index contributed by atoms with van der Waals surface area (Å²) in [6.07, 6.45) is 1.75. The van der Waals surface area contributed by atoms with Gasteiger partial charge in [-0.05, 0) is 37.1 Å². The van der Waals surface area contributed by atoms with Crippen LogP contribution >= 0.6 is 0 Å². The van der Waals surface area contributed by atoms with Crippen LogP contribution in [0.3, 0.4) is 0 Å². The molecule has 2 N–H and O–H groups in total. The predicted octanol–water partition coefficient (Wildman–Crippen LogP) is 2.38. The molecule has 6 nitrogen and oxygen atoms in total. The van der Waals surface area contributed by atoms with Gasteiger partial charge in [-0.2, -0.15) is 0 Å². The number of aromatic amines is 1. The molecule has 0 bridgehead atoms. The van der Waals surface area contributed by atoms with E-state index in [1.54, 1.807) is 0 Å². The van der Waals surface area contributed by atoms with E-state index in [-0.39, 0.29) is 11.7 Å². The molecule has 2 rings (SSSR count). The Kier molecular flexibility index (Phi) is 4.57. The minimum atomic E-state index is -0.297. The first-order valence-corrected chi connectivity index (χ1v) is 7.02. The van der Waals surface area contributed by atoms with Crippen molar-refractivity contribution >= 4 is 17.3 Å². The normalized spacial score (nSPS) is 10.5. The fourth-order valence-corrected chi connectivity index (χ4v) is 1.99. The Morgan fingerprint density at radius 1 is 1.38 bits per heavy atom. The van der Waals surface area contributed by atoms with Crippen LogP contribution in [0.15, 0.2) is 18.2 Å². The maximum Gasteiger partial charge on any atom is 0.295 e. The zero-order chi connectivity index (χ0) is 15.4. The summed E-state index contributed by atoms with van der Waals surface area (Å²) in [4.78, 5) is 18.3. The number of carbonyl (C=O) groups excluding carboxylic acids is 1. The summed E-state index contributed by atoms with van der Waals surface area (Å²) in [5, 5.41) is 9.58. The maximum absolute atomic E-state index is 12.1. The van der Waals surface area contributed by atoms with Crippen molar-refractivity contribution in [3.05, 3.63) is 35.4 Å². The van der Waals surface area contributed by atoms with Gasteiger partial charge in [0.15, 0.2) is 0 Å². The van der Waals surface area contributed by atoms with E-state index in [1.165, 1.54) is 0 Å². The number of aryl methyl sites for hydroxylation is 2. The monoisotopic (exact) mass is 287 g/mol. The van der Waals surface area contributed by atoms with Crippen LogP contribution in [0.25, 0.3) is 0 Å². The van der Waals surface area contributed by atoms with Crippen LogP contribution in [-0.4, -0.2) is 35.2 Å². The fraction of sp³-hybridized carbons (Fsp3) is 0.400. The van der Waals surface area contributed by atoms with Crippen molar-refractivity contribution in [1.29, 1.82) is 0 Å². The molecule has 1 heterocycles. The molecule has 6 heteroatoms. The van der Waals surface area contributed by atoms with Crippen LogP contribution in [-0.2, 0) is 6.42 Å². The SMILES string of the molecule is CCCc1nc(C(=O)Nc2ccc(N(C)C)cc2C)n[nH]1. The van der Waals surface area contributed by atoms with Crippen LogP contribution in [0.5, 0.6) is 0 Å². The number of benzene rings is 1. The van der Waals surface area contributed by atoms with Gasteiger partial charge in [0.25, 0.3) is 5.91 Å². The molecule has 0 unspecified atom stereocenters. The Morgan fingerprint density at radius 3 is 2.76 bits per heavy atom. The highest BCUT2D eigenvalue weighted by Crippen LogP contribution is 2.21. The second-order valence-electron chi connectivity index (χ2n) is 5.20. The second-order valence-corrected chi connectivity index (χ2v) is 5.20. The van der Waals surface area contributed by atoms with Gasteiger partial charge in [-0.1, -0.05) is 6.92 Å². The third-order valence-corrected chi connectivity index (χ3v) is 3.20. The molecular formula is C15H21N5O. The van der Waals surface area contributed by atoms with Crippen molar-refractivity contribution in [1.82, 2.24) is 15.2 Å². The maximum atomic E-state index is 12.1. The number of carbonyl (C=O) groups is 1. The number of hydrogen-bond acceptors (Lipinski definition) is 4. The van der Waals surface area contributed by atoms with Gasteiger partial charge in [-0.25, -0.2) is 4.98 Å². The Morgan fingerprint density at radius 2 is 2.14 bits per heavy atom. The lowest BCUT2D eigenvalue weighted by Crippen LogP contribution is -2.15. The Balaban J connectivity index is 2.11. The van der Waals surface area contributed by atoms with Crippen LogP contribution in [0, 0.1) is 6.92 Å². The Labute approximate surface area is 124 Å². The number of nitrogens with zero attached hydrogens (tertiary/aromatic N) is 3. The van der Waals surface area contributed by atoms with Crippen molar-refractivity contribution in [2.24, 2.45) is 0 Å². The average Bonchev–Trinajstić information content (AvgIpc) is 2.90. The first kappa shape index (κ1) is 15.0. The lowest BCUT2D eigenvalue weighted by Gasteiger charge is -2.15. The highest BCUT2D eigenvalue weighted by molar-refractivity contribution is 6.02. The Bertz CT molecular complexity index is 633. The summed E-state index contributed by atoms with van der Waals surface area (Å²) in [5.74, 6) is 0.617. The van der Waals surface area contributed by atoms with Crippen LogP contribution in [0.2, 0.25) is 0 Å². The first-order valence-electron chi connectivity index (χ1n) is 7.02. The third kappa shape index (κ3) is 3.59. The van der Waals surface area contributed by atoms with Crippen molar-refractivity contribution in [2.45, 2.75) is 26.7 Å². The highest BCUT2D eigenvalue weighted by atomic mass is 16.2. The van der Waals surface area contributed by atoms with E-state index < -0.39 is 0 Å². The van der Waals surface area contributed by atoms with Gasteiger partial charge < -0.3 is 10.2 Å². The van der Waals surface area contributed by atoms with E-state index in [0.717, 1.165) is 35.6 Å². The summed E-state index contributed by atoms with van der Waals surface area (Å²) in [5.41, 5.74) is 2.86. The molecule has 0 spiro atoms. The molecule has 1 amide bonds. The molecule has 112 valence electrons. The van der Waals surface area contributed by atoms with Gasteiger partial charge in [-0.3, -0.25) is 9.89 Å². The van der Waals surface area contributed by atoms with E-state index in [2.05, 4.69) is 27.4 Å². The molecule has 0 saturated carbocycles. The molecule has 0 atom stereocenters. The Hall–Kier alpha value is -2.37. The molecule has 0 aliphatic carbocycles. The highest BCUT2D eigenvalue weighted by Gasteiger charge is 2.13. The topological polar surface area (TPSA) is 73.9 Å². The van der Waals surface area contributed by atoms with Crippen molar-refractivity contribution in [3.8, 4) is 0 Å². The number of amides is 1. The predicted molar refractivity (Wildman–Crippen MR) is 83.8 cm³/mol. The second kappa shape index (κ2) is 6.39. The minimum Gasteiger partial charge on any atom is -0.378 e. The lowest BCUT2D eigenvalue weighted by molar-refractivity contribution is 0.101. The van der Waals surface area contributed by atoms with Gasteiger partial charge >= 0.3 is 0 Å². The zero-order valence-electron chi connectivity index (χ0n) is 12.9. The fourth-order valence-electron chi connectivity index (χ4n) is 1.99. The van der Waals surface area contributed by atoms with E-state index in [1.807, 2.05) is 44.1 Å². The third-order valence-electron chi connectivity index (χ3n) is 3.20. The summed E-state index contributed by atoms with van der Waals surface area (Å²) in [7, 11) is 3.96. The number of rotatable bonds is 5. The van der Waals surface area contributed by atoms with E-state index in [0.29, 0.717) is 0 Å². The average molecular weight is 287 g/mol. The van der Waals surface area contributed by atoms with Crippen molar-refractivity contribution < 1.29 is 4.79 Å². The van der Waals surface area contributed by atoms with Gasteiger partial charge in [-0.15, -0.1) is 5.10 Å². The van der Waals surface area contributed by atoms with Crippen molar-refractivity contribution in [2.75, 3.05) is 24.3 Å². The van der Waals surface area contributed by atoms with Gasteiger partial charge in [0.1, 0.15) is 5.82 Å². The summed E-state index contributed by atoms with van der Waals surface area (Å²) in [6.45, 7) is 4.01. The van der Waals surface area contributed by atoms with Gasteiger partial charge in [0, 0.05) is 31.9 Å². The van der Waals surface area contributed by atoms with E-state index in [4.69, 9.17) is 0 Å². The number of nitrogens with one attached hydrogen (secondary N) is 2. The lowest BCUT2D eigenvalue weighted by atomic mass is 10.1. The van der Waals surface area contributed by atoms with Crippen LogP contribution in [0.1, 0.15) is 35.4 Å². The number of H-pyrrole nitrogens is 1. The molecule has 0 saturated heterocycles. The van der Waals surface area contributed by atoms with Crippen LogP contribution < -0.4 is 10.2 Å². The number of hydrogen-bond donors (Lipinski definition) is 2. The minimum absolute atomic E-state index is 0.175. The molecular weight excluding hydrogens is 266 g/mol. The quantitative estimate of drug-likeness (QED) is 0.885. The molecule has 0 aliphatic rings. The van der Waals surface area contributed by atoms with Crippen LogP contribution in [0.4, 0.5) is 11.4 Å². The zero-order valence-corrected chi connectivity index (χ0v) is 12.9. The smallest absolute Gasteiger partial charge is 0.295 e. The largest absolute Gasteiger partial charge is 0.378 e. The molecule has 0 radical (unpaired) electrons. The molecule has 1 aromatic carbocycles. The first-order chi connectivity index (χ1) is 10.0. The molecule has 0 fully saturated rings. The number of anilines is 2. The molecule has 0 aliphatic heterocycles. The van der Waals surface area contributed by atoms with E-state index >= 15 is 0 Å². The summed E-state index contributed by atoms with van der Waals surface area (Å²) < 4.78 is 0. The summed E-state index contributed by atoms with van der Waals surface area (Å²) >= 11 is 0. The standard InChI is InChI=1S/C15H21N5O/c1-5-6-13-17-14(19-18-13)15(21)16-12-8-7-11(20(3)4)9-10(12)2/h7-9H,5-6H2,1-4H3,(H,16,21)(H,17,18,19). The molecule has 1 aromatic heterocycles. The molecule has 21 heavy (non-hydrogen) atoms. The number of aromatic nitrogens is 3. The van der Waals surface area contributed by atoms with Gasteiger partial charge in [0.2, 0.25) is 5.82 Å². The summed E-state index contributed by atoms with van der Waals surface area (Å²) in [6, 6.07) is 5.88. The van der Waals surface area contributed by atoms with Gasteiger partial charge in [0.05, 0.1) is 0 Å².